The van der Waals surface area contributed by atoms with Crippen LogP contribution in [0, 0.1) is 5.92 Å². The van der Waals surface area contributed by atoms with Crippen molar-refractivity contribution in [2.75, 3.05) is 0 Å². The highest BCUT2D eigenvalue weighted by Crippen LogP contribution is 2.49. The van der Waals surface area contributed by atoms with Crippen LogP contribution in [0.3, 0.4) is 0 Å². The van der Waals surface area contributed by atoms with E-state index in [1.54, 1.807) is 6.20 Å². The van der Waals surface area contributed by atoms with Crippen LogP contribution in [0.15, 0.2) is 6.20 Å². The fourth-order valence-corrected chi connectivity index (χ4v) is 2.64. The minimum absolute atomic E-state index is 0.222. The van der Waals surface area contributed by atoms with Crippen LogP contribution in [-0.4, -0.2) is 14.9 Å². The topological polar surface area (TPSA) is 38.1 Å². The van der Waals surface area contributed by atoms with Gasteiger partial charge in [-0.1, -0.05) is 18.5 Å². The Balaban J connectivity index is 2.48. The lowest BCUT2D eigenvalue weighted by atomic mass is 9.90. The second-order valence-corrected chi connectivity index (χ2v) is 5.34. The first-order valence-electron chi connectivity index (χ1n) is 5.96. The number of halogens is 1. The second-order valence-electron chi connectivity index (χ2n) is 4.93. The van der Waals surface area contributed by atoms with Gasteiger partial charge in [-0.25, -0.2) is 0 Å². The Kier molecular flexibility index (Phi) is 3.01. The fraction of sp³-hybridized carbons (Fsp3) is 0.750. The Bertz CT molecular complexity index is 384. The lowest BCUT2D eigenvalue weighted by Gasteiger charge is -2.29. The van der Waals surface area contributed by atoms with Crippen LogP contribution in [0.4, 0.5) is 0 Å². The van der Waals surface area contributed by atoms with E-state index in [1.165, 1.54) is 0 Å². The highest BCUT2D eigenvalue weighted by Gasteiger charge is 2.47. The predicted octanol–water partition coefficient (Wildman–Crippen LogP) is 3.13. The molecule has 1 aliphatic carbocycles. The quantitative estimate of drug-likeness (QED) is 0.881. The van der Waals surface area contributed by atoms with Crippen molar-refractivity contribution in [3.8, 4) is 0 Å². The van der Waals surface area contributed by atoms with Gasteiger partial charge in [0.2, 0.25) is 0 Å². The molecule has 0 bridgehead atoms. The number of nitrogens with zero attached hydrogens (tertiary/aromatic N) is 2. The van der Waals surface area contributed by atoms with Crippen molar-refractivity contribution in [1.29, 1.82) is 0 Å². The molecule has 0 radical (unpaired) electrons. The van der Waals surface area contributed by atoms with Crippen molar-refractivity contribution < 1.29 is 5.11 Å². The molecular formula is C12H19ClN2O. The minimum Gasteiger partial charge on any atom is -0.383 e. The lowest BCUT2D eigenvalue weighted by molar-refractivity contribution is -0.000661. The molecular weight excluding hydrogens is 224 g/mol. The zero-order chi connectivity index (χ0) is 11.9. The summed E-state index contributed by atoms with van der Waals surface area (Å²) in [6.45, 7) is 6.11. The van der Waals surface area contributed by atoms with Crippen LogP contribution in [0.1, 0.15) is 51.8 Å². The molecule has 1 unspecified atom stereocenters. The first-order valence-corrected chi connectivity index (χ1v) is 6.34. The Morgan fingerprint density at radius 1 is 1.62 bits per heavy atom. The number of aliphatic hydroxyl groups is 1. The molecule has 0 amide bonds. The number of rotatable bonds is 4. The second kappa shape index (κ2) is 4.04. The summed E-state index contributed by atoms with van der Waals surface area (Å²) in [7, 11) is 0. The van der Waals surface area contributed by atoms with E-state index in [-0.39, 0.29) is 6.04 Å². The molecule has 1 aromatic heterocycles. The van der Waals surface area contributed by atoms with Crippen LogP contribution in [0.25, 0.3) is 0 Å². The van der Waals surface area contributed by atoms with Gasteiger partial charge in [-0.15, -0.1) is 0 Å². The molecule has 0 aromatic carbocycles. The summed E-state index contributed by atoms with van der Waals surface area (Å²) in [5.74, 6) is 0.351. The molecule has 1 aliphatic rings. The van der Waals surface area contributed by atoms with Gasteiger partial charge >= 0.3 is 0 Å². The third-order valence-electron chi connectivity index (χ3n) is 3.44. The average molecular weight is 243 g/mol. The molecule has 1 fully saturated rings. The van der Waals surface area contributed by atoms with Gasteiger partial charge < -0.3 is 5.11 Å². The highest BCUT2D eigenvalue weighted by molar-refractivity contribution is 6.31. The van der Waals surface area contributed by atoms with Gasteiger partial charge in [0.25, 0.3) is 0 Å². The predicted molar refractivity (Wildman–Crippen MR) is 64.5 cm³/mol. The maximum absolute atomic E-state index is 10.8. The molecule has 0 aliphatic heterocycles. The van der Waals surface area contributed by atoms with Crippen LogP contribution >= 0.6 is 11.6 Å². The molecule has 0 spiro atoms. The van der Waals surface area contributed by atoms with E-state index in [0.717, 1.165) is 18.5 Å². The molecule has 2 rings (SSSR count). The monoisotopic (exact) mass is 242 g/mol. The van der Waals surface area contributed by atoms with Crippen molar-refractivity contribution >= 4 is 11.6 Å². The molecule has 16 heavy (non-hydrogen) atoms. The number of hydrogen-bond acceptors (Lipinski definition) is 2. The summed E-state index contributed by atoms with van der Waals surface area (Å²) in [6, 6.07) is 0.222. The molecule has 3 nitrogen and oxygen atoms in total. The smallest absolute Gasteiger partial charge is 0.110 e. The molecule has 1 aromatic rings. The zero-order valence-electron chi connectivity index (χ0n) is 10.1. The van der Waals surface area contributed by atoms with Crippen LogP contribution in [0.5, 0.6) is 0 Å². The zero-order valence-corrected chi connectivity index (χ0v) is 10.8. The SMILES string of the molecule is CCC(O)(c1c(Cl)cnn1C(C)C)C1CC1. The Labute approximate surface area is 101 Å². The van der Waals surface area contributed by atoms with E-state index in [2.05, 4.69) is 18.9 Å². The maximum Gasteiger partial charge on any atom is 0.110 e. The summed E-state index contributed by atoms with van der Waals surface area (Å²) >= 11 is 6.18. The molecule has 90 valence electrons. The third kappa shape index (κ3) is 1.76. The Hall–Kier alpha value is -0.540. The van der Waals surface area contributed by atoms with Gasteiger partial charge in [0.15, 0.2) is 0 Å². The summed E-state index contributed by atoms with van der Waals surface area (Å²) in [4.78, 5) is 0. The van der Waals surface area contributed by atoms with Crippen molar-refractivity contribution in [3.05, 3.63) is 16.9 Å². The normalized spacial score (nSPS) is 20.1. The van der Waals surface area contributed by atoms with E-state index < -0.39 is 5.60 Å². The summed E-state index contributed by atoms with van der Waals surface area (Å²) < 4.78 is 1.85. The van der Waals surface area contributed by atoms with Crippen LogP contribution in [0.2, 0.25) is 5.02 Å². The molecule has 1 atom stereocenters. The van der Waals surface area contributed by atoms with E-state index in [0.29, 0.717) is 17.4 Å². The van der Waals surface area contributed by atoms with Crippen molar-refractivity contribution in [1.82, 2.24) is 9.78 Å². The number of hydrogen-bond donors (Lipinski definition) is 1. The van der Waals surface area contributed by atoms with E-state index in [4.69, 9.17) is 11.6 Å². The molecule has 4 heteroatoms. The van der Waals surface area contributed by atoms with Gasteiger partial charge in [-0.05, 0) is 39.0 Å². The molecule has 1 heterocycles. The van der Waals surface area contributed by atoms with E-state index >= 15 is 0 Å². The molecule has 1 saturated carbocycles. The van der Waals surface area contributed by atoms with Crippen molar-refractivity contribution in [2.45, 2.75) is 51.7 Å². The van der Waals surface area contributed by atoms with Gasteiger partial charge in [-0.3, -0.25) is 4.68 Å². The van der Waals surface area contributed by atoms with Gasteiger partial charge in [0.05, 0.1) is 16.9 Å². The standard InChI is InChI=1S/C12H19ClN2O/c1-4-12(16,9-5-6-9)11-10(13)7-14-15(11)8(2)3/h7-9,16H,4-6H2,1-3H3. The van der Waals surface area contributed by atoms with Gasteiger partial charge in [0, 0.05) is 6.04 Å². The minimum atomic E-state index is -0.794. The summed E-state index contributed by atoms with van der Waals surface area (Å²) in [6.07, 6.45) is 4.50. The summed E-state index contributed by atoms with van der Waals surface area (Å²) in [5.41, 5.74) is 0.00636. The Morgan fingerprint density at radius 2 is 2.25 bits per heavy atom. The lowest BCUT2D eigenvalue weighted by Crippen LogP contribution is -2.31. The third-order valence-corrected chi connectivity index (χ3v) is 3.72. The fourth-order valence-electron chi connectivity index (χ4n) is 2.35. The first-order chi connectivity index (χ1) is 7.50. The Morgan fingerprint density at radius 3 is 2.69 bits per heavy atom. The van der Waals surface area contributed by atoms with Crippen molar-refractivity contribution in [3.63, 3.8) is 0 Å². The first kappa shape index (κ1) is 11.9. The maximum atomic E-state index is 10.8. The molecule has 0 saturated heterocycles. The average Bonchev–Trinajstić information content (AvgIpc) is 3.01. The largest absolute Gasteiger partial charge is 0.383 e. The van der Waals surface area contributed by atoms with Gasteiger partial charge in [0.1, 0.15) is 5.60 Å². The highest BCUT2D eigenvalue weighted by atomic mass is 35.5. The van der Waals surface area contributed by atoms with Crippen LogP contribution in [-0.2, 0) is 5.60 Å². The number of aromatic nitrogens is 2. The summed E-state index contributed by atoms with van der Waals surface area (Å²) in [5, 5.41) is 15.6. The molecule has 1 N–H and O–H groups in total. The van der Waals surface area contributed by atoms with E-state index in [1.807, 2.05) is 11.6 Å². The van der Waals surface area contributed by atoms with Crippen LogP contribution < -0.4 is 0 Å². The van der Waals surface area contributed by atoms with Crippen molar-refractivity contribution in [2.24, 2.45) is 5.92 Å². The van der Waals surface area contributed by atoms with E-state index in [9.17, 15) is 5.11 Å². The van der Waals surface area contributed by atoms with Gasteiger partial charge in [-0.2, -0.15) is 5.10 Å².